The maximum Gasteiger partial charge on any atom is 0.252 e. The first-order valence-electron chi connectivity index (χ1n) is 6.66. The maximum absolute atomic E-state index is 13.2. The van der Waals surface area contributed by atoms with Crippen molar-refractivity contribution in [1.29, 1.82) is 0 Å². The number of carbonyl (C=O) groups is 1. The van der Waals surface area contributed by atoms with Crippen LogP contribution in [0.25, 0.3) is 0 Å². The van der Waals surface area contributed by atoms with Gasteiger partial charge in [-0.25, -0.2) is 4.39 Å². The Morgan fingerprint density at radius 3 is 3.05 bits per heavy atom. The van der Waals surface area contributed by atoms with Crippen LogP contribution in [0.1, 0.15) is 15.9 Å². The molecule has 1 aromatic carbocycles. The molecule has 1 aliphatic rings. The van der Waals surface area contributed by atoms with Gasteiger partial charge in [-0.05, 0) is 18.2 Å². The number of halogens is 1. The minimum Gasteiger partial charge on any atom is -0.376 e. The lowest BCUT2D eigenvalue weighted by Crippen LogP contribution is -2.39. The molecule has 1 saturated heterocycles. The fourth-order valence-corrected chi connectivity index (χ4v) is 1.92. The SMILES string of the molecule is NCC#Cc1cc(F)ccc1C(=O)NCC1COCCO1. The molecule has 1 atom stereocenters. The number of nitrogens with one attached hydrogen (secondary N) is 1. The van der Waals surface area contributed by atoms with E-state index in [0.29, 0.717) is 37.5 Å². The zero-order valence-electron chi connectivity index (χ0n) is 11.5. The Hall–Kier alpha value is -1.94. The Morgan fingerprint density at radius 2 is 2.33 bits per heavy atom. The minimum atomic E-state index is -0.447. The van der Waals surface area contributed by atoms with Crippen molar-refractivity contribution in [2.45, 2.75) is 6.10 Å². The normalized spacial score (nSPS) is 17.7. The number of benzene rings is 1. The van der Waals surface area contributed by atoms with Crippen LogP contribution >= 0.6 is 0 Å². The molecule has 21 heavy (non-hydrogen) atoms. The molecule has 5 nitrogen and oxygen atoms in total. The summed E-state index contributed by atoms with van der Waals surface area (Å²) in [4.78, 5) is 12.2. The van der Waals surface area contributed by atoms with Crippen LogP contribution in [0.4, 0.5) is 4.39 Å². The molecule has 0 aromatic heterocycles. The standard InChI is InChI=1S/C15H17FN2O3/c16-12-3-4-14(11(8-12)2-1-5-17)15(19)18-9-13-10-20-6-7-21-13/h3-4,8,13H,5-7,9-10,17H2,(H,18,19). The van der Waals surface area contributed by atoms with Gasteiger partial charge in [0, 0.05) is 12.1 Å². The third-order valence-corrected chi connectivity index (χ3v) is 2.93. The molecule has 3 N–H and O–H groups in total. The fraction of sp³-hybridized carbons (Fsp3) is 0.400. The van der Waals surface area contributed by atoms with E-state index in [1.54, 1.807) is 0 Å². The lowest BCUT2D eigenvalue weighted by atomic mass is 10.1. The van der Waals surface area contributed by atoms with Crippen molar-refractivity contribution in [1.82, 2.24) is 5.32 Å². The first kappa shape index (κ1) is 15.4. The third-order valence-electron chi connectivity index (χ3n) is 2.93. The summed E-state index contributed by atoms with van der Waals surface area (Å²) in [7, 11) is 0. The number of ether oxygens (including phenoxy) is 2. The molecule has 2 rings (SSSR count). The molecule has 1 heterocycles. The second-order valence-corrected chi connectivity index (χ2v) is 4.47. The van der Waals surface area contributed by atoms with Crippen molar-refractivity contribution < 1.29 is 18.7 Å². The molecular weight excluding hydrogens is 275 g/mol. The van der Waals surface area contributed by atoms with E-state index in [1.165, 1.54) is 18.2 Å². The highest BCUT2D eigenvalue weighted by Gasteiger charge is 2.17. The van der Waals surface area contributed by atoms with Crippen LogP contribution in [0.3, 0.4) is 0 Å². The summed E-state index contributed by atoms with van der Waals surface area (Å²) in [5, 5.41) is 2.74. The van der Waals surface area contributed by atoms with Gasteiger partial charge >= 0.3 is 0 Å². The largest absolute Gasteiger partial charge is 0.376 e. The van der Waals surface area contributed by atoms with E-state index in [2.05, 4.69) is 17.2 Å². The number of hydrogen-bond donors (Lipinski definition) is 2. The first-order valence-corrected chi connectivity index (χ1v) is 6.66. The van der Waals surface area contributed by atoms with E-state index in [1.807, 2.05) is 0 Å². The molecular formula is C15H17FN2O3. The molecule has 1 amide bonds. The van der Waals surface area contributed by atoms with Gasteiger partial charge in [-0.3, -0.25) is 4.79 Å². The van der Waals surface area contributed by atoms with E-state index >= 15 is 0 Å². The average molecular weight is 292 g/mol. The van der Waals surface area contributed by atoms with Crippen LogP contribution in [-0.4, -0.2) is 44.9 Å². The first-order chi connectivity index (χ1) is 10.2. The smallest absolute Gasteiger partial charge is 0.252 e. The molecule has 0 spiro atoms. The van der Waals surface area contributed by atoms with Gasteiger partial charge in [-0.15, -0.1) is 0 Å². The maximum atomic E-state index is 13.2. The molecule has 0 bridgehead atoms. The van der Waals surface area contributed by atoms with Crippen LogP contribution in [-0.2, 0) is 9.47 Å². The molecule has 6 heteroatoms. The van der Waals surface area contributed by atoms with Crippen molar-refractivity contribution in [2.24, 2.45) is 5.73 Å². The monoisotopic (exact) mass is 292 g/mol. The number of carbonyl (C=O) groups excluding carboxylic acids is 1. The third kappa shape index (κ3) is 4.53. The average Bonchev–Trinajstić information content (AvgIpc) is 2.51. The van der Waals surface area contributed by atoms with Crippen LogP contribution in [0, 0.1) is 17.7 Å². The van der Waals surface area contributed by atoms with E-state index in [-0.39, 0.29) is 18.6 Å². The van der Waals surface area contributed by atoms with Crippen LogP contribution in [0.2, 0.25) is 0 Å². The number of amides is 1. The molecule has 0 radical (unpaired) electrons. The predicted molar refractivity (Wildman–Crippen MR) is 75.2 cm³/mol. The van der Waals surface area contributed by atoms with Gasteiger partial charge in [0.1, 0.15) is 5.82 Å². The van der Waals surface area contributed by atoms with E-state index in [9.17, 15) is 9.18 Å². The molecule has 1 fully saturated rings. The highest BCUT2D eigenvalue weighted by atomic mass is 19.1. The van der Waals surface area contributed by atoms with Gasteiger partial charge in [-0.2, -0.15) is 0 Å². The molecule has 0 aliphatic carbocycles. The lowest BCUT2D eigenvalue weighted by Gasteiger charge is -2.23. The van der Waals surface area contributed by atoms with E-state index in [4.69, 9.17) is 15.2 Å². The van der Waals surface area contributed by atoms with Crippen molar-refractivity contribution in [3.63, 3.8) is 0 Å². The highest BCUT2D eigenvalue weighted by Crippen LogP contribution is 2.10. The Bertz CT molecular complexity index is 560. The Kier molecular flexibility index (Phi) is 5.69. The van der Waals surface area contributed by atoms with Crippen LogP contribution < -0.4 is 11.1 Å². The van der Waals surface area contributed by atoms with Gasteiger partial charge < -0.3 is 20.5 Å². The predicted octanol–water partition coefficient (Wildman–Crippen LogP) is 0.281. The quantitative estimate of drug-likeness (QED) is 0.785. The summed E-state index contributed by atoms with van der Waals surface area (Å²) in [6.45, 7) is 2.01. The summed E-state index contributed by atoms with van der Waals surface area (Å²) >= 11 is 0. The summed E-state index contributed by atoms with van der Waals surface area (Å²) in [5.74, 6) is 4.54. The Balaban J connectivity index is 2.03. The zero-order chi connectivity index (χ0) is 15.1. The van der Waals surface area contributed by atoms with Crippen molar-refractivity contribution in [3.05, 3.63) is 35.1 Å². The van der Waals surface area contributed by atoms with Gasteiger partial charge in [0.2, 0.25) is 0 Å². The highest BCUT2D eigenvalue weighted by molar-refractivity contribution is 5.96. The number of hydrogen-bond acceptors (Lipinski definition) is 4. The van der Waals surface area contributed by atoms with Gasteiger partial charge in [0.05, 0.1) is 38.0 Å². The van der Waals surface area contributed by atoms with Crippen molar-refractivity contribution >= 4 is 5.91 Å². The Morgan fingerprint density at radius 1 is 1.48 bits per heavy atom. The topological polar surface area (TPSA) is 73.6 Å². The second kappa shape index (κ2) is 7.74. The van der Waals surface area contributed by atoms with E-state index < -0.39 is 5.82 Å². The number of rotatable bonds is 3. The molecule has 0 saturated carbocycles. The fourth-order valence-electron chi connectivity index (χ4n) is 1.92. The molecule has 1 unspecified atom stereocenters. The van der Waals surface area contributed by atoms with Gasteiger partial charge in [-0.1, -0.05) is 11.8 Å². The van der Waals surface area contributed by atoms with Crippen molar-refractivity contribution in [2.75, 3.05) is 32.9 Å². The summed E-state index contributed by atoms with van der Waals surface area (Å²) in [6, 6.07) is 3.85. The van der Waals surface area contributed by atoms with Crippen molar-refractivity contribution in [3.8, 4) is 11.8 Å². The van der Waals surface area contributed by atoms with E-state index in [0.717, 1.165) is 0 Å². The zero-order valence-corrected chi connectivity index (χ0v) is 11.5. The minimum absolute atomic E-state index is 0.144. The molecule has 112 valence electrons. The molecule has 1 aromatic rings. The number of nitrogens with two attached hydrogens (primary N) is 1. The molecule has 1 aliphatic heterocycles. The second-order valence-electron chi connectivity index (χ2n) is 4.47. The van der Waals surface area contributed by atoms with Gasteiger partial charge in [0.25, 0.3) is 5.91 Å². The lowest BCUT2D eigenvalue weighted by molar-refractivity contribution is -0.0855. The van der Waals surface area contributed by atoms with Crippen LogP contribution in [0.5, 0.6) is 0 Å². The Labute approximate surface area is 122 Å². The van der Waals surface area contributed by atoms with Gasteiger partial charge in [0.15, 0.2) is 0 Å². The summed E-state index contributed by atoms with van der Waals surface area (Å²) < 4.78 is 23.9. The summed E-state index contributed by atoms with van der Waals surface area (Å²) in [5.41, 5.74) is 5.93. The van der Waals surface area contributed by atoms with Crippen LogP contribution in [0.15, 0.2) is 18.2 Å². The summed E-state index contributed by atoms with van der Waals surface area (Å²) in [6.07, 6.45) is -0.165.